The molecule has 46 heavy (non-hydrogen) atoms. The van der Waals surface area contributed by atoms with E-state index >= 15 is 0 Å². The lowest BCUT2D eigenvalue weighted by molar-refractivity contribution is -0.137. The topological polar surface area (TPSA) is 126 Å². The van der Waals surface area contributed by atoms with Gasteiger partial charge in [0, 0.05) is 59.0 Å². The quantitative estimate of drug-likeness (QED) is 0.239. The van der Waals surface area contributed by atoms with E-state index in [4.69, 9.17) is 14.7 Å². The van der Waals surface area contributed by atoms with Crippen LogP contribution in [0, 0.1) is 14.9 Å². The Morgan fingerprint density at radius 1 is 1.11 bits per heavy atom. The van der Waals surface area contributed by atoms with Crippen molar-refractivity contribution in [2.45, 2.75) is 50.7 Å². The van der Waals surface area contributed by atoms with Crippen LogP contribution in [-0.2, 0) is 22.6 Å². The van der Waals surface area contributed by atoms with Crippen molar-refractivity contribution in [2.24, 2.45) is 0 Å². The molecule has 2 aromatic carbocycles. The van der Waals surface area contributed by atoms with Crippen molar-refractivity contribution in [1.29, 1.82) is 5.26 Å². The summed E-state index contributed by atoms with van der Waals surface area (Å²) in [6.07, 6.45) is 4.30. The third-order valence-electron chi connectivity index (χ3n) is 9.28. The number of aromatic nitrogens is 2. The second-order valence-corrected chi connectivity index (χ2v) is 13.2. The number of benzene rings is 2. The molecule has 2 atom stereocenters. The number of amides is 1. The Labute approximate surface area is 282 Å². The zero-order valence-corrected chi connectivity index (χ0v) is 27.9. The average molecular weight is 736 g/mol. The van der Waals surface area contributed by atoms with Gasteiger partial charge in [-0.3, -0.25) is 14.5 Å². The van der Waals surface area contributed by atoms with Gasteiger partial charge in [-0.2, -0.15) is 15.2 Å². The molecule has 1 aromatic heterocycles. The van der Waals surface area contributed by atoms with E-state index in [1.54, 1.807) is 4.90 Å². The monoisotopic (exact) mass is 735 g/mol. The summed E-state index contributed by atoms with van der Waals surface area (Å²) in [6, 6.07) is 15.1. The average Bonchev–Trinajstić information content (AvgIpc) is 3.52. The summed E-state index contributed by atoms with van der Waals surface area (Å²) in [4.78, 5) is 42.2. The standard InChI is InChI=1S/C34H38IN7O4/c1-2-30(43)42-19-18-41(20-24(42)11-14-36)33-26-12-16-40(29-10-4-7-23-6-3-9-27(35)32(23)29)21-28(26)37-34(38-33)46-22-25-8-5-15-39(25)17-13-31(44)45/h2-4,6-7,9-10,24-25H,1,5,8,11-13,15-22H2,(H,44,45)/t24-,25-/m0/s1. The molecule has 0 spiro atoms. The third kappa shape index (κ3) is 6.76. The molecule has 1 N–H and O–H groups in total. The van der Waals surface area contributed by atoms with Crippen molar-refractivity contribution < 1.29 is 19.4 Å². The minimum Gasteiger partial charge on any atom is -0.481 e. The summed E-state index contributed by atoms with van der Waals surface area (Å²) < 4.78 is 7.52. The van der Waals surface area contributed by atoms with E-state index in [0.717, 1.165) is 49.4 Å². The maximum Gasteiger partial charge on any atom is 0.318 e. The second-order valence-electron chi connectivity index (χ2n) is 12.0. The number of aliphatic carboxylic acids is 1. The van der Waals surface area contributed by atoms with Gasteiger partial charge in [0.05, 0.1) is 37.2 Å². The number of anilines is 2. The number of ether oxygens (including phenoxy) is 1. The van der Waals surface area contributed by atoms with E-state index < -0.39 is 5.97 Å². The first-order valence-electron chi connectivity index (χ1n) is 15.8. The Hall–Kier alpha value is -3.96. The fraction of sp³-hybridized carbons (Fsp3) is 0.441. The van der Waals surface area contributed by atoms with Gasteiger partial charge in [-0.1, -0.05) is 30.8 Å². The molecule has 0 bridgehead atoms. The minimum absolute atomic E-state index is 0.100. The molecule has 0 unspecified atom stereocenters. The molecule has 240 valence electrons. The van der Waals surface area contributed by atoms with E-state index in [0.29, 0.717) is 45.3 Å². The summed E-state index contributed by atoms with van der Waals surface area (Å²) in [5, 5.41) is 21.2. The van der Waals surface area contributed by atoms with Crippen molar-refractivity contribution in [3.63, 3.8) is 0 Å². The number of carboxylic acid groups (broad SMARTS) is 1. The van der Waals surface area contributed by atoms with Crippen LogP contribution >= 0.6 is 22.6 Å². The summed E-state index contributed by atoms with van der Waals surface area (Å²) >= 11 is 2.40. The number of hydrogen-bond donors (Lipinski definition) is 1. The van der Waals surface area contributed by atoms with Crippen LogP contribution in [0.3, 0.4) is 0 Å². The lowest BCUT2D eigenvalue weighted by atomic mass is 10.0. The smallest absolute Gasteiger partial charge is 0.318 e. The van der Waals surface area contributed by atoms with Gasteiger partial charge in [0.1, 0.15) is 12.4 Å². The van der Waals surface area contributed by atoms with Crippen LogP contribution in [0.5, 0.6) is 6.01 Å². The molecule has 4 heterocycles. The number of halogens is 1. The van der Waals surface area contributed by atoms with Gasteiger partial charge in [0.2, 0.25) is 5.91 Å². The minimum atomic E-state index is -0.802. The molecule has 2 fully saturated rings. The molecule has 11 nitrogen and oxygen atoms in total. The van der Waals surface area contributed by atoms with Crippen molar-refractivity contribution in [3.8, 4) is 12.1 Å². The van der Waals surface area contributed by atoms with E-state index in [1.807, 2.05) is 0 Å². The SMILES string of the molecule is C=CC(=O)N1CCN(c2nc(OC[C@@H]3CCCN3CCC(=O)O)nc3c2CCN(c2cccc4cccc(I)c24)C3)C[C@@H]1CC#N. The first-order valence-corrected chi connectivity index (χ1v) is 16.9. The van der Waals surface area contributed by atoms with Gasteiger partial charge in [-0.15, -0.1) is 0 Å². The van der Waals surface area contributed by atoms with Crippen LogP contribution in [0.1, 0.15) is 36.9 Å². The highest BCUT2D eigenvalue weighted by atomic mass is 127. The van der Waals surface area contributed by atoms with Crippen molar-refractivity contribution in [2.75, 3.05) is 55.7 Å². The highest BCUT2D eigenvalue weighted by Crippen LogP contribution is 2.36. The van der Waals surface area contributed by atoms with Crippen molar-refractivity contribution in [3.05, 3.63) is 63.9 Å². The van der Waals surface area contributed by atoms with Crippen LogP contribution in [0.4, 0.5) is 11.5 Å². The van der Waals surface area contributed by atoms with Gasteiger partial charge >= 0.3 is 12.0 Å². The van der Waals surface area contributed by atoms with E-state index in [1.165, 1.54) is 26.1 Å². The number of nitrogens with zero attached hydrogens (tertiary/aromatic N) is 7. The zero-order chi connectivity index (χ0) is 32.2. The van der Waals surface area contributed by atoms with Gasteiger partial charge in [-0.25, -0.2) is 0 Å². The molecular formula is C34H38IN7O4. The number of piperazine rings is 1. The fourth-order valence-electron chi connectivity index (χ4n) is 6.98. The number of likely N-dealkylation sites (tertiary alicyclic amines) is 1. The molecule has 3 aromatic rings. The van der Waals surface area contributed by atoms with Gasteiger partial charge in [-0.05, 0) is 72.0 Å². The van der Waals surface area contributed by atoms with Crippen molar-refractivity contribution in [1.82, 2.24) is 19.8 Å². The number of carbonyl (C=O) groups is 2. The lowest BCUT2D eigenvalue weighted by Crippen LogP contribution is -2.55. The van der Waals surface area contributed by atoms with Gasteiger partial charge in [0.15, 0.2) is 0 Å². The van der Waals surface area contributed by atoms with Crippen molar-refractivity contribution >= 4 is 56.7 Å². The van der Waals surface area contributed by atoms with Crippen LogP contribution < -0.4 is 14.5 Å². The summed E-state index contributed by atoms with van der Waals surface area (Å²) in [6.45, 7) is 8.28. The molecule has 1 amide bonds. The lowest BCUT2D eigenvalue weighted by Gasteiger charge is -2.42. The first kappa shape index (κ1) is 32.0. The van der Waals surface area contributed by atoms with Crippen LogP contribution in [-0.4, -0.2) is 94.7 Å². The third-order valence-corrected chi connectivity index (χ3v) is 10.2. The number of fused-ring (bicyclic) bond motifs is 2. The highest BCUT2D eigenvalue weighted by Gasteiger charge is 2.34. The molecule has 0 saturated carbocycles. The van der Waals surface area contributed by atoms with Gasteiger partial charge in [0.25, 0.3) is 0 Å². The molecule has 2 saturated heterocycles. The fourth-order valence-corrected chi connectivity index (χ4v) is 7.78. The normalized spacial score (nSPS) is 20.0. The largest absolute Gasteiger partial charge is 0.481 e. The maximum atomic E-state index is 12.6. The number of nitriles is 1. The predicted octanol–water partition coefficient (Wildman–Crippen LogP) is 4.23. The van der Waals surface area contributed by atoms with E-state index in [-0.39, 0.29) is 30.8 Å². The number of rotatable bonds is 10. The Morgan fingerprint density at radius 3 is 2.72 bits per heavy atom. The van der Waals surface area contributed by atoms with Crippen LogP contribution in [0.25, 0.3) is 10.8 Å². The van der Waals surface area contributed by atoms with E-state index in [9.17, 15) is 20.0 Å². The Bertz CT molecular complexity index is 1670. The van der Waals surface area contributed by atoms with Gasteiger partial charge < -0.3 is 24.5 Å². The Balaban J connectivity index is 1.31. The van der Waals surface area contributed by atoms with Crippen LogP contribution in [0.2, 0.25) is 0 Å². The highest BCUT2D eigenvalue weighted by molar-refractivity contribution is 14.1. The van der Waals surface area contributed by atoms with E-state index in [2.05, 4.69) is 86.3 Å². The molecule has 12 heteroatoms. The molecule has 6 rings (SSSR count). The van der Waals surface area contributed by atoms with Crippen LogP contribution in [0.15, 0.2) is 49.1 Å². The molecule has 0 aliphatic carbocycles. The summed E-state index contributed by atoms with van der Waals surface area (Å²) in [7, 11) is 0. The zero-order valence-electron chi connectivity index (χ0n) is 25.8. The second kappa shape index (κ2) is 14.2. The molecule has 0 radical (unpaired) electrons. The number of carboxylic acids is 1. The Morgan fingerprint density at radius 2 is 1.93 bits per heavy atom. The Kier molecular flexibility index (Phi) is 9.89. The summed E-state index contributed by atoms with van der Waals surface area (Å²) in [5.74, 6) is -0.169. The maximum absolute atomic E-state index is 12.6. The summed E-state index contributed by atoms with van der Waals surface area (Å²) in [5.41, 5.74) is 3.15. The number of carbonyl (C=O) groups excluding carboxylic acids is 1. The molecule has 3 aliphatic heterocycles. The first-order chi connectivity index (χ1) is 22.4. The number of hydrogen-bond acceptors (Lipinski definition) is 9. The molecular weight excluding hydrogens is 697 g/mol. The predicted molar refractivity (Wildman–Crippen MR) is 184 cm³/mol. The molecule has 3 aliphatic rings.